The summed E-state index contributed by atoms with van der Waals surface area (Å²) in [6, 6.07) is 1.82. The molecule has 0 aliphatic carbocycles. The SMILES string of the molecule is CN=C(NCCSC)NCc1ccon1. The molecule has 2 N–H and O–H groups in total. The summed E-state index contributed by atoms with van der Waals surface area (Å²) in [5.74, 6) is 1.84. The number of guanidine groups is 1. The summed E-state index contributed by atoms with van der Waals surface area (Å²) in [7, 11) is 1.75. The minimum Gasteiger partial charge on any atom is -0.364 e. The third-order valence-corrected chi connectivity index (χ3v) is 2.36. The van der Waals surface area contributed by atoms with E-state index in [2.05, 4.69) is 27.0 Å². The lowest BCUT2D eigenvalue weighted by atomic mass is 10.4. The van der Waals surface area contributed by atoms with Crippen LogP contribution >= 0.6 is 11.8 Å². The molecule has 0 amide bonds. The number of nitrogens with one attached hydrogen (secondary N) is 2. The van der Waals surface area contributed by atoms with Crippen LogP contribution in [0.3, 0.4) is 0 Å². The van der Waals surface area contributed by atoms with Crippen LogP contribution < -0.4 is 10.6 Å². The van der Waals surface area contributed by atoms with Gasteiger partial charge in [-0.15, -0.1) is 0 Å². The number of aliphatic imine (C=N–C) groups is 1. The van der Waals surface area contributed by atoms with E-state index in [0.717, 1.165) is 24.0 Å². The first-order valence-electron chi connectivity index (χ1n) is 4.69. The number of aromatic nitrogens is 1. The van der Waals surface area contributed by atoms with Crippen LogP contribution in [0.2, 0.25) is 0 Å². The second-order valence-electron chi connectivity index (χ2n) is 2.84. The number of rotatable bonds is 5. The van der Waals surface area contributed by atoms with Gasteiger partial charge < -0.3 is 15.2 Å². The molecule has 15 heavy (non-hydrogen) atoms. The molecule has 5 nitrogen and oxygen atoms in total. The van der Waals surface area contributed by atoms with Crippen LogP contribution in [0.25, 0.3) is 0 Å². The van der Waals surface area contributed by atoms with E-state index in [4.69, 9.17) is 4.52 Å². The third-order valence-electron chi connectivity index (χ3n) is 1.75. The van der Waals surface area contributed by atoms with Crippen LogP contribution in [0.1, 0.15) is 5.69 Å². The highest BCUT2D eigenvalue weighted by atomic mass is 32.2. The lowest BCUT2D eigenvalue weighted by Gasteiger charge is -2.09. The van der Waals surface area contributed by atoms with Gasteiger partial charge >= 0.3 is 0 Å². The highest BCUT2D eigenvalue weighted by Crippen LogP contribution is 1.92. The molecule has 0 aromatic carbocycles. The molecule has 0 radical (unpaired) electrons. The molecule has 0 atom stereocenters. The quantitative estimate of drug-likeness (QED) is 0.441. The molecule has 6 heteroatoms. The highest BCUT2D eigenvalue weighted by molar-refractivity contribution is 7.98. The average Bonchev–Trinajstić information content (AvgIpc) is 2.76. The zero-order chi connectivity index (χ0) is 10.9. The van der Waals surface area contributed by atoms with Crippen molar-refractivity contribution in [1.82, 2.24) is 15.8 Å². The lowest BCUT2D eigenvalue weighted by Crippen LogP contribution is -2.37. The van der Waals surface area contributed by atoms with E-state index in [1.165, 1.54) is 0 Å². The van der Waals surface area contributed by atoms with E-state index in [1.807, 2.05) is 6.07 Å². The molecule has 0 aliphatic rings. The van der Waals surface area contributed by atoms with Gasteiger partial charge in [0.1, 0.15) is 12.0 Å². The van der Waals surface area contributed by atoms with Gasteiger partial charge in [-0.1, -0.05) is 5.16 Å². The standard InChI is InChI=1S/C9H16N4OS/c1-10-9(11-4-6-15-2)12-7-8-3-5-14-13-8/h3,5H,4,6-7H2,1-2H3,(H2,10,11,12). The van der Waals surface area contributed by atoms with E-state index in [1.54, 1.807) is 25.1 Å². The molecule has 0 spiro atoms. The second-order valence-corrected chi connectivity index (χ2v) is 3.82. The van der Waals surface area contributed by atoms with Crippen LogP contribution in [0.4, 0.5) is 0 Å². The smallest absolute Gasteiger partial charge is 0.191 e. The third kappa shape index (κ3) is 4.73. The van der Waals surface area contributed by atoms with Gasteiger partial charge in [-0.25, -0.2) is 0 Å². The number of thioether (sulfide) groups is 1. The first-order chi connectivity index (χ1) is 7.36. The first kappa shape index (κ1) is 11.9. The van der Waals surface area contributed by atoms with Crippen molar-refractivity contribution in [3.05, 3.63) is 18.0 Å². The highest BCUT2D eigenvalue weighted by Gasteiger charge is 1.99. The molecule has 84 valence electrons. The molecule has 0 fully saturated rings. The Morgan fingerprint density at radius 1 is 1.60 bits per heavy atom. The van der Waals surface area contributed by atoms with Crippen LogP contribution in [0.15, 0.2) is 21.8 Å². The molecule has 1 aromatic heterocycles. The van der Waals surface area contributed by atoms with Gasteiger partial charge in [-0.05, 0) is 6.26 Å². The molecular weight excluding hydrogens is 212 g/mol. The van der Waals surface area contributed by atoms with E-state index in [0.29, 0.717) is 6.54 Å². The zero-order valence-electron chi connectivity index (χ0n) is 8.99. The molecule has 1 rings (SSSR count). The Bertz CT molecular complexity index is 286. The Morgan fingerprint density at radius 2 is 2.47 bits per heavy atom. The molecule has 0 aliphatic heterocycles. The second kappa shape index (κ2) is 7.17. The van der Waals surface area contributed by atoms with Crippen molar-refractivity contribution in [3.8, 4) is 0 Å². The minimum atomic E-state index is 0.620. The number of hydrogen-bond donors (Lipinski definition) is 2. The number of hydrogen-bond acceptors (Lipinski definition) is 4. The Morgan fingerprint density at radius 3 is 3.07 bits per heavy atom. The monoisotopic (exact) mass is 228 g/mol. The van der Waals surface area contributed by atoms with Crippen LogP contribution in [0.5, 0.6) is 0 Å². The van der Waals surface area contributed by atoms with E-state index < -0.39 is 0 Å². The topological polar surface area (TPSA) is 62.5 Å². The van der Waals surface area contributed by atoms with Crippen molar-refractivity contribution in [1.29, 1.82) is 0 Å². The van der Waals surface area contributed by atoms with Gasteiger partial charge in [-0.2, -0.15) is 11.8 Å². The summed E-state index contributed by atoms with van der Waals surface area (Å²) >= 11 is 1.80. The van der Waals surface area contributed by atoms with Gasteiger partial charge in [0.2, 0.25) is 0 Å². The maximum atomic E-state index is 4.73. The average molecular weight is 228 g/mol. The van der Waals surface area contributed by atoms with Crippen molar-refractivity contribution in [2.45, 2.75) is 6.54 Å². The van der Waals surface area contributed by atoms with Gasteiger partial charge in [0.15, 0.2) is 5.96 Å². The van der Waals surface area contributed by atoms with Crippen molar-refractivity contribution in [2.24, 2.45) is 4.99 Å². The molecule has 0 bridgehead atoms. The Balaban J connectivity index is 2.23. The van der Waals surface area contributed by atoms with E-state index in [-0.39, 0.29) is 0 Å². The van der Waals surface area contributed by atoms with Crippen molar-refractivity contribution < 1.29 is 4.52 Å². The summed E-state index contributed by atoms with van der Waals surface area (Å²) < 4.78 is 4.73. The van der Waals surface area contributed by atoms with Crippen LogP contribution in [0, 0.1) is 0 Å². The molecule has 1 heterocycles. The van der Waals surface area contributed by atoms with Gasteiger partial charge in [0.05, 0.1) is 6.54 Å². The zero-order valence-corrected chi connectivity index (χ0v) is 9.80. The summed E-state index contributed by atoms with van der Waals surface area (Å²) in [4.78, 5) is 4.09. The minimum absolute atomic E-state index is 0.620. The fourth-order valence-corrected chi connectivity index (χ4v) is 1.30. The molecule has 0 saturated carbocycles. The molecule has 1 aromatic rings. The summed E-state index contributed by atoms with van der Waals surface area (Å²) in [5.41, 5.74) is 0.864. The molecule has 0 saturated heterocycles. The predicted octanol–water partition coefficient (Wildman–Crippen LogP) is 0.703. The normalized spacial score (nSPS) is 11.5. The Kier molecular flexibility index (Phi) is 5.69. The van der Waals surface area contributed by atoms with Crippen LogP contribution in [-0.2, 0) is 6.54 Å². The predicted molar refractivity (Wildman–Crippen MR) is 63.1 cm³/mol. The maximum Gasteiger partial charge on any atom is 0.191 e. The Hall–Kier alpha value is -1.17. The summed E-state index contributed by atoms with van der Waals surface area (Å²) in [5, 5.41) is 10.1. The summed E-state index contributed by atoms with van der Waals surface area (Å²) in [6.07, 6.45) is 3.63. The van der Waals surface area contributed by atoms with Gasteiger partial charge in [0.25, 0.3) is 0 Å². The maximum absolute atomic E-state index is 4.73. The van der Waals surface area contributed by atoms with Gasteiger partial charge in [-0.3, -0.25) is 4.99 Å². The van der Waals surface area contributed by atoms with E-state index >= 15 is 0 Å². The fourth-order valence-electron chi connectivity index (χ4n) is 0.995. The Labute approximate surface area is 93.7 Å². The largest absolute Gasteiger partial charge is 0.364 e. The fraction of sp³-hybridized carbons (Fsp3) is 0.556. The van der Waals surface area contributed by atoms with Crippen molar-refractivity contribution in [2.75, 3.05) is 25.6 Å². The molecular formula is C9H16N4OS. The van der Waals surface area contributed by atoms with Crippen LogP contribution in [-0.4, -0.2) is 36.7 Å². The van der Waals surface area contributed by atoms with Crippen molar-refractivity contribution in [3.63, 3.8) is 0 Å². The first-order valence-corrected chi connectivity index (χ1v) is 6.09. The summed E-state index contributed by atoms with van der Waals surface area (Å²) in [6.45, 7) is 1.52. The number of nitrogens with zero attached hydrogens (tertiary/aromatic N) is 2. The van der Waals surface area contributed by atoms with Gasteiger partial charge in [0, 0.05) is 25.4 Å². The van der Waals surface area contributed by atoms with Crippen molar-refractivity contribution >= 4 is 17.7 Å². The van der Waals surface area contributed by atoms with E-state index in [9.17, 15) is 0 Å². The lowest BCUT2D eigenvalue weighted by molar-refractivity contribution is 0.410. The molecule has 0 unspecified atom stereocenters.